The molecular weight excluding hydrogens is 436 g/mol. The van der Waals surface area contributed by atoms with E-state index in [9.17, 15) is 10.1 Å². The molecule has 0 saturated carbocycles. The van der Waals surface area contributed by atoms with E-state index in [0.717, 1.165) is 29.0 Å². The van der Waals surface area contributed by atoms with E-state index in [1.807, 2.05) is 18.2 Å². The Kier molecular flexibility index (Phi) is 5.25. The van der Waals surface area contributed by atoms with Crippen molar-refractivity contribution in [2.45, 2.75) is 31.9 Å². The maximum Gasteiger partial charge on any atom is 0.269 e. The third-order valence-corrected chi connectivity index (χ3v) is 7.36. The molecule has 4 aromatic rings. The van der Waals surface area contributed by atoms with Gasteiger partial charge in [0.25, 0.3) is 5.69 Å². The fraction of sp³-hybridized carbons (Fsp3) is 0.200. The second-order valence-corrected chi connectivity index (χ2v) is 9.54. The molecule has 5 heteroatoms. The first-order valence-electron chi connectivity index (χ1n) is 12.0. The zero-order valence-corrected chi connectivity index (χ0v) is 19.5. The zero-order chi connectivity index (χ0) is 23.9. The van der Waals surface area contributed by atoms with E-state index in [2.05, 4.69) is 72.9 Å². The van der Waals surface area contributed by atoms with Crippen molar-refractivity contribution in [3.05, 3.63) is 134 Å². The second-order valence-electron chi connectivity index (χ2n) is 9.54. The molecule has 5 nitrogen and oxygen atoms in total. The van der Waals surface area contributed by atoms with Crippen LogP contribution in [0.5, 0.6) is 5.75 Å². The van der Waals surface area contributed by atoms with Gasteiger partial charge in [-0.05, 0) is 65.3 Å². The molecule has 0 saturated heterocycles. The molecule has 1 aliphatic carbocycles. The van der Waals surface area contributed by atoms with Crippen LogP contribution in [-0.4, -0.2) is 4.92 Å². The Morgan fingerprint density at radius 3 is 2.49 bits per heavy atom. The Balaban J connectivity index is 1.29. The number of fused-ring (bicyclic) bond motifs is 5. The highest BCUT2D eigenvalue weighted by Crippen LogP contribution is 2.54. The molecule has 0 amide bonds. The number of nitro benzene ring substituents is 1. The van der Waals surface area contributed by atoms with Crippen LogP contribution in [0.1, 0.15) is 45.3 Å². The number of nitro groups is 1. The summed E-state index contributed by atoms with van der Waals surface area (Å²) in [6.45, 7) is 2.61. The minimum atomic E-state index is -0.308. The van der Waals surface area contributed by atoms with Crippen molar-refractivity contribution in [2.24, 2.45) is 5.92 Å². The van der Waals surface area contributed by atoms with Crippen molar-refractivity contribution in [3.63, 3.8) is 0 Å². The van der Waals surface area contributed by atoms with Crippen LogP contribution < -0.4 is 10.1 Å². The Morgan fingerprint density at radius 1 is 0.943 bits per heavy atom. The van der Waals surface area contributed by atoms with Crippen LogP contribution >= 0.6 is 0 Å². The molecule has 0 spiro atoms. The summed E-state index contributed by atoms with van der Waals surface area (Å²) in [4.78, 5) is 11.2. The number of rotatable bonds is 5. The minimum absolute atomic E-state index is 0.104. The second kappa shape index (κ2) is 8.58. The van der Waals surface area contributed by atoms with Crippen LogP contribution in [0.15, 0.2) is 91.0 Å². The first-order valence-corrected chi connectivity index (χ1v) is 12.0. The maximum atomic E-state index is 11.5. The van der Waals surface area contributed by atoms with Crippen molar-refractivity contribution in [1.82, 2.24) is 0 Å². The van der Waals surface area contributed by atoms with Crippen molar-refractivity contribution < 1.29 is 9.66 Å². The lowest BCUT2D eigenvalue weighted by atomic mass is 9.75. The highest BCUT2D eigenvalue weighted by Gasteiger charge is 2.43. The van der Waals surface area contributed by atoms with Crippen molar-refractivity contribution in [3.8, 4) is 5.75 Å². The molecule has 3 atom stereocenters. The lowest BCUT2D eigenvalue weighted by Gasteiger charge is -2.38. The van der Waals surface area contributed by atoms with E-state index >= 15 is 0 Å². The van der Waals surface area contributed by atoms with Crippen LogP contribution in [0.2, 0.25) is 0 Å². The third kappa shape index (κ3) is 3.93. The number of hydrogen-bond acceptors (Lipinski definition) is 4. The van der Waals surface area contributed by atoms with Crippen LogP contribution in [0.3, 0.4) is 0 Å². The van der Waals surface area contributed by atoms with Crippen LogP contribution in [0.25, 0.3) is 0 Å². The summed E-state index contributed by atoms with van der Waals surface area (Å²) in [5.41, 5.74) is 8.31. The summed E-state index contributed by atoms with van der Waals surface area (Å²) in [6, 6.07) is 30.5. The lowest BCUT2D eigenvalue weighted by molar-refractivity contribution is -0.384. The highest BCUT2D eigenvalue weighted by atomic mass is 16.6. The SMILES string of the molecule is Cc1ccc(COc2ccc([C@@H]3Nc4ccc([N+](=O)[O-])cc4[C@@H]4c5ccccc5C[C@@H]43)cc2)cc1. The van der Waals surface area contributed by atoms with Gasteiger partial charge in [0.2, 0.25) is 0 Å². The fourth-order valence-corrected chi connectivity index (χ4v) is 5.61. The average Bonchev–Trinajstić information content (AvgIpc) is 3.28. The largest absolute Gasteiger partial charge is 0.489 e. The number of aryl methyl sites for hydroxylation is 1. The Hall–Kier alpha value is -4.12. The van der Waals surface area contributed by atoms with Gasteiger partial charge < -0.3 is 10.1 Å². The number of nitrogens with one attached hydrogen (secondary N) is 1. The quantitative estimate of drug-likeness (QED) is 0.257. The predicted molar refractivity (Wildman–Crippen MR) is 137 cm³/mol. The molecule has 174 valence electrons. The van der Waals surface area contributed by atoms with Gasteiger partial charge in [-0.25, -0.2) is 0 Å². The highest BCUT2D eigenvalue weighted by molar-refractivity contribution is 5.65. The number of nitrogens with zero attached hydrogens (tertiary/aromatic N) is 1. The number of ether oxygens (including phenoxy) is 1. The molecule has 0 radical (unpaired) electrons. The van der Waals surface area contributed by atoms with Crippen LogP contribution in [-0.2, 0) is 13.0 Å². The van der Waals surface area contributed by atoms with Gasteiger partial charge in [0.1, 0.15) is 12.4 Å². The van der Waals surface area contributed by atoms with Crippen LogP contribution in [0.4, 0.5) is 11.4 Å². The van der Waals surface area contributed by atoms with Gasteiger partial charge in [0, 0.05) is 23.7 Å². The number of benzene rings is 4. The number of hydrogen-bond donors (Lipinski definition) is 1. The smallest absolute Gasteiger partial charge is 0.269 e. The monoisotopic (exact) mass is 462 g/mol. The lowest BCUT2D eigenvalue weighted by Crippen LogP contribution is -2.30. The van der Waals surface area contributed by atoms with E-state index in [1.54, 1.807) is 12.1 Å². The van der Waals surface area contributed by atoms with Crippen molar-refractivity contribution in [2.75, 3.05) is 5.32 Å². The van der Waals surface area contributed by atoms with Crippen molar-refractivity contribution in [1.29, 1.82) is 0 Å². The summed E-state index contributed by atoms with van der Waals surface area (Å²) in [5.74, 6) is 1.25. The molecule has 4 aromatic carbocycles. The van der Waals surface area contributed by atoms with Gasteiger partial charge in [-0.3, -0.25) is 10.1 Å². The normalized spacial score (nSPS) is 19.7. The van der Waals surface area contributed by atoms with Crippen molar-refractivity contribution >= 4 is 11.4 Å². The van der Waals surface area contributed by atoms with Gasteiger partial charge in [-0.15, -0.1) is 0 Å². The van der Waals surface area contributed by atoms with Gasteiger partial charge in [0.05, 0.1) is 11.0 Å². The van der Waals surface area contributed by atoms with E-state index < -0.39 is 0 Å². The first-order chi connectivity index (χ1) is 17.1. The minimum Gasteiger partial charge on any atom is -0.489 e. The Labute approximate surface area is 204 Å². The van der Waals surface area contributed by atoms with Gasteiger partial charge in [0.15, 0.2) is 0 Å². The van der Waals surface area contributed by atoms with Gasteiger partial charge in [-0.2, -0.15) is 0 Å². The summed E-state index contributed by atoms with van der Waals surface area (Å²) in [5, 5.41) is 15.2. The molecule has 0 bridgehead atoms. The van der Waals surface area contributed by atoms with E-state index in [-0.39, 0.29) is 28.5 Å². The molecule has 0 unspecified atom stereocenters. The average molecular weight is 463 g/mol. The summed E-state index contributed by atoms with van der Waals surface area (Å²) in [7, 11) is 0. The van der Waals surface area contributed by atoms with E-state index in [1.165, 1.54) is 22.3 Å². The molecule has 1 N–H and O–H groups in total. The molecule has 35 heavy (non-hydrogen) atoms. The Bertz CT molecular complexity index is 1400. The van der Waals surface area contributed by atoms with Gasteiger partial charge >= 0.3 is 0 Å². The zero-order valence-electron chi connectivity index (χ0n) is 19.5. The molecule has 1 aliphatic heterocycles. The molecular formula is C30H26N2O3. The van der Waals surface area contributed by atoms with E-state index in [0.29, 0.717) is 6.61 Å². The topological polar surface area (TPSA) is 64.4 Å². The maximum absolute atomic E-state index is 11.5. The molecule has 1 heterocycles. The summed E-state index contributed by atoms with van der Waals surface area (Å²) in [6.07, 6.45) is 0.937. The number of anilines is 1. The molecule has 6 rings (SSSR count). The Morgan fingerprint density at radius 2 is 1.71 bits per heavy atom. The number of non-ortho nitro benzene ring substituents is 1. The standard InChI is InChI=1S/C30H26N2O3/c1-19-6-8-20(9-7-19)18-35-24-13-10-21(11-14-24)30-27-16-22-4-2-3-5-25(22)29(27)26-17-23(32(33)34)12-15-28(26)31-30/h2-15,17,27,29-31H,16,18H2,1H3/t27-,29-,30-/m0/s1. The van der Waals surface area contributed by atoms with Gasteiger partial charge in [-0.1, -0.05) is 66.2 Å². The third-order valence-electron chi connectivity index (χ3n) is 7.36. The predicted octanol–water partition coefficient (Wildman–Crippen LogP) is 6.95. The summed E-state index contributed by atoms with van der Waals surface area (Å²) >= 11 is 0. The molecule has 0 aromatic heterocycles. The fourth-order valence-electron chi connectivity index (χ4n) is 5.61. The first kappa shape index (κ1) is 21.4. The van der Waals surface area contributed by atoms with Crippen LogP contribution in [0, 0.1) is 23.0 Å². The molecule has 0 fully saturated rings. The molecule has 2 aliphatic rings. The van der Waals surface area contributed by atoms with E-state index in [4.69, 9.17) is 4.74 Å². The summed E-state index contributed by atoms with van der Waals surface area (Å²) < 4.78 is 6.02.